The van der Waals surface area contributed by atoms with E-state index in [1.54, 1.807) is 31.3 Å². The van der Waals surface area contributed by atoms with Gasteiger partial charge in [0.25, 0.3) is 0 Å². The summed E-state index contributed by atoms with van der Waals surface area (Å²) in [5.41, 5.74) is 8.47. The second-order valence-corrected chi connectivity index (χ2v) is 4.79. The van der Waals surface area contributed by atoms with Crippen LogP contribution in [0.3, 0.4) is 0 Å². The Kier molecular flexibility index (Phi) is 4.23. The maximum Gasteiger partial charge on any atom is 0.326 e. The normalized spacial score (nSPS) is 10.0. The molecule has 0 bridgehead atoms. The van der Waals surface area contributed by atoms with Crippen LogP contribution in [0.1, 0.15) is 11.1 Å². The Labute approximate surface area is 123 Å². The van der Waals surface area contributed by atoms with Crippen molar-refractivity contribution in [3.05, 3.63) is 59.7 Å². The van der Waals surface area contributed by atoms with E-state index in [0.717, 1.165) is 11.3 Å². The molecule has 0 atom stereocenters. The predicted octanol–water partition coefficient (Wildman–Crippen LogP) is 2.95. The summed E-state index contributed by atoms with van der Waals surface area (Å²) in [5.74, 6) is -0.0687. The molecule has 0 unspecified atom stereocenters. The third kappa shape index (κ3) is 3.39. The number of carbonyl (C=O) groups excluding carboxylic acids is 1. The number of rotatable bonds is 3. The van der Waals surface area contributed by atoms with Gasteiger partial charge in [0, 0.05) is 18.3 Å². The molecule has 0 spiro atoms. The molecule has 0 aliphatic heterocycles. The quantitative estimate of drug-likeness (QED) is 0.597. The van der Waals surface area contributed by atoms with Gasteiger partial charge in [0.05, 0.1) is 5.69 Å². The number of nitrogens with one attached hydrogen (secondary N) is 2. The van der Waals surface area contributed by atoms with E-state index in [-0.39, 0.29) is 11.9 Å². The van der Waals surface area contributed by atoms with Gasteiger partial charge in [-0.3, -0.25) is 10.3 Å². The van der Waals surface area contributed by atoms with E-state index < -0.39 is 0 Å². The zero-order chi connectivity index (χ0) is 15.4. The largest absolute Gasteiger partial charge is 0.384 e. The highest BCUT2D eigenvalue weighted by Crippen LogP contribution is 2.20. The Bertz CT molecular complexity index is 681. The van der Waals surface area contributed by atoms with Gasteiger partial charge >= 0.3 is 6.03 Å². The second-order valence-electron chi connectivity index (χ2n) is 4.79. The first-order valence-corrected chi connectivity index (χ1v) is 6.54. The van der Waals surface area contributed by atoms with Crippen LogP contribution in [0, 0.1) is 12.3 Å². The lowest BCUT2D eigenvalue weighted by atomic mass is 10.1. The molecule has 0 aromatic heterocycles. The molecule has 5 nitrogen and oxygen atoms in total. The summed E-state index contributed by atoms with van der Waals surface area (Å²) in [7, 11) is 1.65. The van der Waals surface area contributed by atoms with Crippen LogP contribution in [-0.2, 0) is 0 Å². The van der Waals surface area contributed by atoms with Crippen molar-refractivity contribution >= 4 is 23.2 Å². The number of urea groups is 1. The van der Waals surface area contributed by atoms with Crippen molar-refractivity contribution in [2.45, 2.75) is 6.92 Å². The first kappa shape index (κ1) is 14.6. The van der Waals surface area contributed by atoms with Crippen LogP contribution in [0.25, 0.3) is 0 Å². The number of para-hydroxylation sites is 1. The zero-order valence-electron chi connectivity index (χ0n) is 12.1. The van der Waals surface area contributed by atoms with Crippen LogP contribution in [0.5, 0.6) is 0 Å². The molecule has 0 heterocycles. The molecule has 2 rings (SSSR count). The topological polar surface area (TPSA) is 82.2 Å². The second kappa shape index (κ2) is 6.09. The number of benzene rings is 2. The average molecular weight is 282 g/mol. The fraction of sp³-hybridized carbons (Fsp3) is 0.125. The highest BCUT2D eigenvalue weighted by molar-refractivity contribution is 6.07. The molecule has 0 saturated heterocycles. The molecular formula is C16H18N4O. The standard InChI is InChI=1S/C16H18N4O/c1-11-6-5-7-12(10-11)19-16(21)20(2)14-9-4-3-8-13(14)15(17)18/h3-10H,1-2H3,(H3,17,18)(H,19,21). The highest BCUT2D eigenvalue weighted by atomic mass is 16.2. The Hall–Kier alpha value is -2.82. The maximum absolute atomic E-state index is 12.3. The predicted molar refractivity (Wildman–Crippen MR) is 86.1 cm³/mol. The number of amidine groups is 1. The molecular weight excluding hydrogens is 264 g/mol. The van der Waals surface area contributed by atoms with Crippen LogP contribution < -0.4 is 16.0 Å². The van der Waals surface area contributed by atoms with Crippen LogP contribution in [0.2, 0.25) is 0 Å². The highest BCUT2D eigenvalue weighted by Gasteiger charge is 2.15. The summed E-state index contributed by atoms with van der Waals surface area (Å²) in [5, 5.41) is 10.4. The summed E-state index contributed by atoms with van der Waals surface area (Å²) in [6, 6.07) is 14.3. The van der Waals surface area contributed by atoms with E-state index in [1.807, 2.05) is 31.2 Å². The van der Waals surface area contributed by atoms with Gasteiger partial charge in [-0.2, -0.15) is 0 Å². The van der Waals surface area contributed by atoms with Crippen molar-refractivity contribution in [1.29, 1.82) is 5.41 Å². The number of hydrogen-bond donors (Lipinski definition) is 3. The van der Waals surface area contributed by atoms with E-state index in [0.29, 0.717) is 11.3 Å². The molecule has 0 radical (unpaired) electrons. The van der Waals surface area contributed by atoms with Crippen molar-refractivity contribution < 1.29 is 4.79 Å². The van der Waals surface area contributed by atoms with Crippen molar-refractivity contribution in [2.24, 2.45) is 5.73 Å². The van der Waals surface area contributed by atoms with Gasteiger partial charge in [0.15, 0.2) is 0 Å². The smallest absolute Gasteiger partial charge is 0.326 e. The maximum atomic E-state index is 12.3. The summed E-state index contributed by atoms with van der Waals surface area (Å²) in [6.45, 7) is 1.96. The van der Waals surface area contributed by atoms with Gasteiger partial charge < -0.3 is 11.1 Å². The van der Waals surface area contributed by atoms with Gasteiger partial charge in [-0.1, -0.05) is 24.3 Å². The van der Waals surface area contributed by atoms with Crippen molar-refractivity contribution in [3.8, 4) is 0 Å². The SMILES string of the molecule is Cc1cccc(NC(=O)N(C)c2ccccc2C(=N)N)c1. The molecule has 0 aliphatic rings. The summed E-state index contributed by atoms with van der Waals surface area (Å²) >= 11 is 0. The molecule has 2 aromatic rings. The Morgan fingerprint density at radius 2 is 1.90 bits per heavy atom. The molecule has 108 valence electrons. The molecule has 5 heteroatoms. The first-order valence-electron chi connectivity index (χ1n) is 6.54. The van der Waals surface area contributed by atoms with Crippen LogP contribution in [-0.4, -0.2) is 18.9 Å². The van der Waals surface area contributed by atoms with Crippen molar-refractivity contribution in [3.63, 3.8) is 0 Å². The number of nitrogens with two attached hydrogens (primary N) is 1. The number of carbonyl (C=O) groups is 1. The summed E-state index contributed by atoms with van der Waals surface area (Å²) in [6.07, 6.45) is 0. The molecule has 0 aliphatic carbocycles. The lowest BCUT2D eigenvalue weighted by molar-refractivity contribution is 0.258. The first-order chi connectivity index (χ1) is 9.99. The zero-order valence-corrected chi connectivity index (χ0v) is 12.1. The molecule has 0 fully saturated rings. The number of amides is 2. The van der Waals surface area contributed by atoms with E-state index in [2.05, 4.69) is 5.32 Å². The fourth-order valence-electron chi connectivity index (χ4n) is 2.03. The summed E-state index contributed by atoms with van der Waals surface area (Å²) < 4.78 is 0. The Balaban J connectivity index is 2.22. The number of anilines is 2. The molecule has 0 saturated carbocycles. The van der Waals surface area contributed by atoms with Crippen molar-refractivity contribution in [2.75, 3.05) is 17.3 Å². The Morgan fingerprint density at radius 3 is 2.57 bits per heavy atom. The van der Waals surface area contributed by atoms with Gasteiger partial charge in [-0.15, -0.1) is 0 Å². The number of aryl methyl sites for hydroxylation is 1. The lowest BCUT2D eigenvalue weighted by Gasteiger charge is -2.20. The average Bonchev–Trinajstić information content (AvgIpc) is 2.46. The number of nitrogen functional groups attached to an aromatic ring is 1. The summed E-state index contributed by atoms with van der Waals surface area (Å²) in [4.78, 5) is 13.7. The van der Waals surface area contributed by atoms with Crippen LogP contribution in [0.4, 0.5) is 16.2 Å². The van der Waals surface area contributed by atoms with Gasteiger partial charge in [-0.25, -0.2) is 4.79 Å². The molecule has 4 N–H and O–H groups in total. The number of hydrogen-bond acceptors (Lipinski definition) is 2. The monoisotopic (exact) mass is 282 g/mol. The van der Waals surface area contributed by atoms with E-state index in [9.17, 15) is 4.79 Å². The van der Waals surface area contributed by atoms with Gasteiger partial charge in [0.1, 0.15) is 5.84 Å². The van der Waals surface area contributed by atoms with E-state index in [4.69, 9.17) is 11.1 Å². The minimum absolute atomic E-state index is 0.0687. The third-order valence-corrected chi connectivity index (χ3v) is 3.13. The fourth-order valence-corrected chi connectivity index (χ4v) is 2.03. The van der Waals surface area contributed by atoms with E-state index in [1.165, 1.54) is 4.90 Å². The lowest BCUT2D eigenvalue weighted by Crippen LogP contribution is -2.33. The number of nitrogens with zero attached hydrogens (tertiary/aromatic N) is 1. The molecule has 2 aromatic carbocycles. The Morgan fingerprint density at radius 1 is 1.19 bits per heavy atom. The molecule has 21 heavy (non-hydrogen) atoms. The van der Waals surface area contributed by atoms with Crippen molar-refractivity contribution in [1.82, 2.24) is 0 Å². The minimum atomic E-state index is -0.283. The van der Waals surface area contributed by atoms with E-state index >= 15 is 0 Å². The van der Waals surface area contributed by atoms with Gasteiger partial charge in [0.2, 0.25) is 0 Å². The van der Waals surface area contributed by atoms with Crippen LogP contribution >= 0.6 is 0 Å². The molecule has 2 amide bonds. The third-order valence-electron chi connectivity index (χ3n) is 3.13. The van der Waals surface area contributed by atoms with Gasteiger partial charge in [-0.05, 0) is 36.8 Å². The minimum Gasteiger partial charge on any atom is -0.384 e. The van der Waals surface area contributed by atoms with Crippen LogP contribution in [0.15, 0.2) is 48.5 Å².